The predicted octanol–water partition coefficient (Wildman–Crippen LogP) is 2.67. The molecule has 0 bridgehead atoms. The van der Waals surface area contributed by atoms with Crippen LogP contribution >= 0.6 is 0 Å². The lowest BCUT2D eigenvalue weighted by Crippen LogP contribution is -2.24. The summed E-state index contributed by atoms with van der Waals surface area (Å²) in [5.74, 6) is -0.669. The van der Waals surface area contributed by atoms with E-state index in [1.807, 2.05) is 0 Å². The highest BCUT2D eigenvalue weighted by atomic mass is 16.5. The van der Waals surface area contributed by atoms with E-state index < -0.39 is 11.6 Å². The van der Waals surface area contributed by atoms with E-state index in [1.54, 1.807) is 24.3 Å². The number of para-hydroxylation sites is 1. The van der Waals surface area contributed by atoms with Crippen LogP contribution in [0.5, 0.6) is 5.75 Å². The Morgan fingerprint density at radius 1 is 1.17 bits per heavy atom. The molecule has 1 aromatic carbocycles. The molecule has 3 rings (SSSR count). The van der Waals surface area contributed by atoms with Crippen LogP contribution in [0.15, 0.2) is 48.3 Å². The van der Waals surface area contributed by atoms with Crippen LogP contribution in [0.4, 0.5) is 5.69 Å². The second-order valence-electron chi connectivity index (χ2n) is 5.21. The molecule has 1 aromatic heterocycles. The summed E-state index contributed by atoms with van der Waals surface area (Å²) >= 11 is 0. The number of carbonyl (C=O) groups excluding carboxylic acids is 3. The molecule has 0 spiro atoms. The first kappa shape index (κ1) is 15.6. The lowest BCUT2D eigenvalue weighted by molar-refractivity contribution is 0.0979. The predicted molar refractivity (Wildman–Crippen MR) is 87.6 cm³/mol. The molecule has 1 heterocycles. The quantitative estimate of drug-likeness (QED) is 0.871. The number of pyridine rings is 1. The third kappa shape index (κ3) is 2.58. The number of aromatic nitrogens is 1. The molecule has 0 saturated carbocycles. The number of hydrogen-bond acceptors (Lipinski definition) is 6. The monoisotopic (exact) mass is 322 g/mol. The Bertz CT molecular complexity index is 900. The number of carbonyl (C=O) groups is 3. The molecule has 0 radical (unpaired) electrons. The van der Waals surface area contributed by atoms with Gasteiger partial charge in [0, 0.05) is 23.5 Å². The molecule has 6 nitrogen and oxygen atoms in total. The average Bonchev–Trinajstić information content (AvgIpc) is 2.59. The Hall–Kier alpha value is -3.28. The van der Waals surface area contributed by atoms with Crippen LogP contribution in [0, 0.1) is 0 Å². The lowest BCUT2D eigenvalue weighted by Gasteiger charge is -2.18. The molecule has 1 aliphatic carbocycles. The number of anilines is 1. The number of methoxy groups -OCH3 is 1. The van der Waals surface area contributed by atoms with E-state index in [-0.39, 0.29) is 28.5 Å². The van der Waals surface area contributed by atoms with E-state index in [1.165, 1.54) is 32.4 Å². The third-order valence-electron chi connectivity index (χ3n) is 3.69. The van der Waals surface area contributed by atoms with Gasteiger partial charge < -0.3 is 10.1 Å². The van der Waals surface area contributed by atoms with E-state index in [0.29, 0.717) is 11.3 Å². The van der Waals surface area contributed by atoms with Crippen molar-refractivity contribution in [3.63, 3.8) is 0 Å². The van der Waals surface area contributed by atoms with Gasteiger partial charge in [0.1, 0.15) is 11.4 Å². The maximum absolute atomic E-state index is 12.7. The smallest absolute Gasteiger partial charge is 0.215 e. The number of Topliss-reactive ketones (excluding diaryl/α,β-unsaturated/α-hetero) is 2. The highest BCUT2D eigenvalue weighted by molar-refractivity contribution is 6.26. The topological polar surface area (TPSA) is 85.4 Å². The molecule has 2 aromatic rings. The molecular weight excluding hydrogens is 308 g/mol. The minimum Gasteiger partial charge on any atom is -0.496 e. The maximum atomic E-state index is 12.7. The first-order chi connectivity index (χ1) is 11.5. The standard InChI is InChI=1S/C18H14N2O4/c1-10(21)11-5-3-4-6-12(11)20-13-9-14(22)17-16(18(13)23)15(24-2)7-8-19-17/h3-9,20H,1-2H3. The van der Waals surface area contributed by atoms with E-state index in [2.05, 4.69) is 10.3 Å². The van der Waals surface area contributed by atoms with Gasteiger partial charge in [-0.3, -0.25) is 19.4 Å². The van der Waals surface area contributed by atoms with Crippen molar-refractivity contribution in [2.24, 2.45) is 0 Å². The molecule has 24 heavy (non-hydrogen) atoms. The molecule has 0 unspecified atom stereocenters. The van der Waals surface area contributed by atoms with Gasteiger partial charge in [-0.2, -0.15) is 0 Å². The normalized spacial score (nSPS) is 13.2. The van der Waals surface area contributed by atoms with Gasteiger partial charge in [-0.1, -0.05) is 12.1 Å². The zero-order chi connectivity index (χ0) is 17.3. The number of allylic oxidation sites excluding steroid dienone is 2. The molecule has 6 heteroatoms. The molecule has 120 valence electrons. The molecule has 0 saturated heterocycles. The van der Waals surface area contributed by atoms with Crippen molar-refractivity contribution in [2.45, 2.75) is 6.92 Å². The number of ketones is 3. The Morgan fingerprint density at radius 3 is 2.62 bits per heavy atom. The highest BCUT2D eigenvalue weighted by Crippen LogP contribution is 2.29. The van der Waals surface area contributed by atoms with Gasteiger partial charge in [-0.15, -0.1) is 0 Å². The summed E-state index contributed by atoms with van der Waals surface area (Å²) in [6.07, 6.45) is 2.61. The minimum absolute atomic E-state index is 0.0600. The number of rotatable bonds is 4. The van der Waals surface area contributed by atoms with E-state index in [9.17, 15) is 14.4 Å². The molecular formula is C18H14N2O4. The maximum Gasteiger partial charge on any atom is 0.215 e. The third-order valence-corrected chi connectivity index (χ3v) is 3.69. The summed E-state index contributed by atoms with van der Waals surface area (Å²) in [4.78, 5) is 40.7. The van der Waals surface area contributed by atoms with Crippen LogP contribution in [0.3, 0.4) is 0 Å². The van der Waals surface area contributed by atoms with Gasteiger partial charge in [0.2, 0.25) is 11.6 Å². The fourth-order valence-corrected chi connectivity index (χ4v) is 2.56. The summed E-state index contributed by atoms with van der Waals surface area (Å²) in [5, 5.41) is 2.89. The molecule has 0 aliphatic heterocycles. The van der Waals surface area contributed by atoms with Crippen molar-refractivity contribution in [3.05, 3.63) is 65.1 Å². The van der Waals surface area contributed by atoms with Gasteiger partial charge in [0.05, 0.1) is 18.4 Å². The Morgan fingerprint density at radius 2 is 1.92 bits per heavy atom. The van der Waals surface area contributed by atoms with E-state index in [4.69, 9.17) is 4.74 Å². The summed E-state index contributed by atoms with van der Waals surface area (Å²) < 4.78 is 5.17. The lowest BCUT2D eigenvalue weighted by atomic mass is 9.95. The van der Waals surface area contributed by atoms with E-state index in [0.717, 1.165) is 0 Å². The SMILES string of the molecule is COc1ccnc2c1C(=O)C(Nc1ccccc1C(C)=O)=CC2=O. The number of nitrogens with one attached hydrogen (secondary N) is 1. The highest BCUT2D eigenvalue weighted by Gasteiger charge is 2.30. The van der Waals surface area contributed by atoms with Crippen molar-refractivity contribution >= 4 is 23.0 Å². The van der Waals surface area contributed by atoms with Crippen LogP contribution in [0.1, 0.15) is 38.1 Å². The number of ether oxygens (including phenoxy) is 1. The van der Waals surface area contributed by atoms with Gasteiger partial charge in [0.15, 0.2) is 5.78 Å². The van der Waals surface area contributed by atoms with Gasteiger partial charge >= 0.3 is 0 Å². The van der Waals surface area contributed by atoms with Crippen LogP contribution in [-0.4, -0.2) is 29.4 Å². The van der Waals surface area contributed by atoms with Crippen molar-refractivity contribution in [1.82, 2.24) is 4.98 Å². The Labute approximate surface area is 138 Å². The number of hydrogen-bond donors (Lipinski definition) is 1. The molecule has 0 amide bonds. The van der Waals surface area contributed by atoms with E-state index >= 15 is 0 Å². The summed E-state index contributed by atoms with van der Waals surface area (Å²) in [7, 11) is 1.42. The Balaban J connectivity index is 2.04. The number of nitrogens with zero attached hydrogens (tertiary/aromatic N) is 1. The van der Waals surface area contributed by atoms with Crippen molar-refractivity contribution < 1.29 is 19.1 Å². The second-order valence-corrected chi connectivity index (χ2v) is 5.21. The molecule has 1 N–H and O–H groups in total. The van der Waals surface area contributed by atoms with Gasteiger partial charge in [-0.25, -0.2) is 0 Å². The van der Waals surface area contributed by atoms with Crippen molar-refractivity contribution in [2.75, 3.05) is 12.4 Å². The van der Waals surface area contributed by atoms with Crippen LogP contribution in [0.2, 0.25) is 0 Å². The fraction of sp³-hybridized carbons (Fsp3) is 0.111. The van der Waals surface area contributed by atoms with Crippen LogP contribution in [0.25, 0.3) is 0 Å². The number of fused-ring (bicyclic) bond motifs is 1. The summed E-state index contributed by atoms with van der Waals surface area (Å²) in [6, 6.07) is 8.31. The number of benzene rings is 1. The largest absolute Gasteiger partial charge is 0.496 e. The molecule has 1 aliphatic rings. The first-order valence-electron chi connectivity index (χ1n) is 7.23. The second kappa shape index (κ2) is 6.08. The zero-order valence-corrected chi connectivity index (χ0v) is 13.1. The Kier molecular flexibility index (Phi) is 3.95. The van der Waals surface area contributed by atoms with Crippen LogP contribution < -0.4 is 10.1 Å². The molecule has 0 atom stereocenters. The summed E-state index contributed by atoms with van der Waals surface area (Å²) in [6.45, 7) is 1.44. The molecule has 0 fully saturated rings. The van der Waals surface area contributed by atoms with Gasteiger partial charge in [0.25, 0.3) is 0 Å². The average molecular weight is 322 g/mol. The first-order valence-corrected chi connectivity index (χ1v) is 7.23. The van der Waals surface area contributed by atoms with Crippen molar-refractivity contribution in [1.29, 1.82) is 0 Å². The fourth-order valence-electron chi connectivity index (χ4n) is 2.56. The van der Waals surface area contributed by atoms with Gasteiger partial charge in [-0.05, 0) is 25.1 Å². The van der Waals surface area contributed by atoms with Crippen LogP contribution in [-0.2, 0) is 0 Å². The minimum atomic E-state index is -0.409. The summed E-state index contributed by atoms with van der Waals surface area (Å²) in [5.41, 5.74) is 1.15. The zero-order valence-electron chi connectivity index (χ0n) is 13.1. The van der Waals surface area contributed by atoms with Crippen molar-refractivity contribution in [3.8, 4) is 5.75 Å².